The monoisotopic (exact) mass is 340 g/mol. The second-order valence-electron chi connectivity index (χ2n) is 5.38. The number of benzene rings is 1. The Morgan fingerprint density at radius 1 is 1.45 bits per heavy atom. The van der Waals surface area contributed by atoms with Crippen LogP contribution in [0.5, 0.6) is 0 Å². The number of aryl methyl sites for hydroxylation is 1. The van der Waals surface area contributed by atoms with E-state index in [4.69, 9.17) is 4.74 Å². The Morgan fingerprint density at radius 2 is 2.15 bits per heavy atom. The zero-order chi connectivity index (χ0) is 14.6. The minimum atomic E-state index is -0.419. The van der Waals surface area contributed by atoms with Crippen LogP contribution in [0.4, 0.5) is 5.69 Å². The lowest BCUT2D eigenvalue weighted by Gasteiger charge is -2.35. The van der Waals surface area contributed by atoms with Gasteiger partial charge in [0.25, 0.3) is 0 Å². The van der Waals surface area contributed by atoms with Crippen LogP contribution in [0.25, 0.3) is 0 Å². The molecule has 1 heterocycles. The molecule has 110 valence electrons. The summed E-state index contributed by atoms with van der Waals surface area (Å²) in [6, 6.07) is 5.86. The highest BCUT2D eigenvalue weighted by atomic mass is 79.9. The van der Waals surface area contributed by atoms with Crippen LogP contribution in [0.1, 0.15) is 18.4 Å². The van der Waals surface area contributed by atoms with Crippen molar-refractivity contribution in [3.63, 3.8) is 0 Å². The van der Waals surface area contributed by atoms with Gasteiger partial charge in [-0.2, -0.15) is 0 Å². The molecule has 2 N–H and O–H groups in total. The number of carbonyl (C=O) groups is 1. The van der Waals surface area contributed by atoms with Gasteiger partial charge in [-0.3, -0.25) is 4.79 Å². The first-order valence-corrected chi connectivity index (χ1v) is 7.64. The van der Waals surface area contributed by atoms with Crippen LogP contribution < -0.4 is 10.6 Å². The van der Waals surface area contributed by atoms with Gasteiger partial charge in [0.2, 0.25) is 5.91 Å². The average Bonchev–Trinajstić information content (AvgIpc) is 2.44. The van der Waals surface area contributed by atoms with Crippen molar-refractivity contribution in [1.82, 2.24) is 5.32 Å². The van der Waals surface area contributed by atoms with E-state index in [9.17, 15) is 4.79 Å². The van der Waals surface area contributed by atoms with Crippen LogP contribution in [0.15, 0.2) is 22.7 Å². The third-order valence-corrected chi connectivity index (χ3v) is 4.75. The third kappa shape index (κ3) is 3.40. The van der Waals surface area contributed by atoms with Crippen molar-refractivity contribution in [2.75, 3.05) is 32.1 Å². The highest BCUT2D eigenvalue weighted by molar-refractivity contribution is 9.10. The molecule has 1 aromatic carbocycles. The number of halogens is 1. The first-order valence-electron chi connectivity index (χ1n) is 6.85. The molecule has 0 aromatic heterocycles. The van der Waals surface area contributed by atoms with Crippen molar-refractivity contribution >= 4 is 27.5 Å². The number of nitrogens with one attached hydrogen (secondary N) is 2. The van der Waals surface area contributed by atoms with Crippen molar-refractivity contribution in [2.24, 2.45) is 5.41 Å². The number of hydrogen-bond donors (Lipinski definition) is 2. The zero-order valence-corrected chi connectivity index (χ0v) is 13.5. The molecule has 0 unspecified atom stereocenters. The number of rotatable bonds is 4. The van der Waals surface area contributed by atoms with Gasteiger partial charge < -0.3 is 15.4 Å². The minimum Gasteiger partial charge on any atom is -0.384 e. The molecule has 2 rings (SSSR count). The quantitative estimate of drug-likeness (QED) is 0.885. The Balaban J connectivity index is 2.13. The first kappa shape index (κ1) is 15.5. The Bertz CT molecular complexity index is 479. The van der Waals surface area contributed by atoms with Gasteiger partial charge in [0.05, 0.1) is 12.0 Å². The Morgan fingerprint density at radius 3 is 2.75 bits per heavy atom. The number of methoxy groups -OCH3 is 1. The third-order valence-electron chi connectivity index (χ3n) is 3.89. The average molecular weight is 341 g/mol. The molecule has 0 radical (unpaired) electrons. The maximum atomic E-state index is 12.6. The maximum absolute atomic E-state index is 12.6. The molecule has 1 fully saturated rings. The molecule has 0 spiro atoms. The predicted molar refractivity (Wildman–Crippen MR) is 83.9 cm³/mol. The maximum Gasteiger partial charge on any atom is 0.233 e. The Labute approximate surface area is 128 Å². The van der Waals surface area contributed by atoms with Crippen LogP contribution in [0.2, 0.25) is 0 Å². The molecule has 0 aliphatic carbocycles. The summed E-state index contributed by atoms with van der Waals surface area (Å²) in [5.41, 5.74) is 1.55. The lowest BCUT2D eigenvalue weighted by atomic mass is 9.78. The summed E-state index contributed by atoms with van der Waals surface area (Å²) in [6.45, 7) is 4.20. The summed E-state index contributed by atoms with van der Waals surface area (Å²) in [5, 5.41) is 6.32. The number of hydrogen-bond acceptors (Lipinski definition) is 3. The molecule has 0 saturated carbocycles. The molecule has 1 aliphatic heterocycles. The van der Waals surface area contributed by atoms with E-state index < -0.39 is 5.41 Å². The molecular formula is C15H21BrN2O2. The topological polar surface area (TPSA) is 50.4 Å². The zero-order valence-electron chi connectivity index (χ0n) is 12.0. The molecule has 0 atom stereocenters. The summed E-state index contributed by atoms with van der Waals surface area (Å²) in [7, 11) is 1.65. The van der Waals surface area contributed by atoms with E-state index in [0.717, 1.165) is 41.7 Å². The van der Waals surface area contributed by atoms with E-state index in [2.05, 4.69) is 26.6 Å². The second-order valence-corrected chi connectivity index (χ2v) is 6.24. The molecule has 0 bridgehead atoms. The SMILES string of the molecule is COCC1(C(=O)Nc2ccc(C)c(Br)c2)CCNCC1. The highest BCUT2D eigenvalue weighted by Crippen LogP contribution is 2.31. The lowest BCUT2D eigenvalue weighted by Crippen LogP contribution is -2.47. The van der Waals surface area contributed by atoms with Crippen LogP contribution in [0, 0.1) is 12.3 Å². The van der Waals surface area contributed by atoms with E-state index >= 15 is 0 Å². The fraction of sp³-hybridized carbons (Fsp3) is 0.533. The van der Waals surface area contributed by atoms with Gasteiger partial charge in [0.15, 0.2) is 0 Å². The summed E-state index contributed by atoms with van der Waals surface area (Å²) < 4.78 is 6.29. The van der Waals surface area contributed by atoms with E-state index in [1.165, 1.54) is 0 Å². The molecule has 1 saturated heterocycles. The van der Waals surface area contributed by atoms with Crippen molar-refractivity contribution in [1.29, 1.82) is 0 Å². The standard InChI is InChI=1S/C15H21BrN2O2/c1-11-3-4-12(9-13(11)16)18-14(19)15(10-20-2)5-7-17-8-6-15/h3-4,9,17H,5-8,10H2,1-2H3,(H,18,19). The van der Waals surface area contributed by atoms with Gasteiger partial charge >= 0.3 is 0 Å². The Kier molecular flexibility index (Phi) is 5.18. The van der Waals surface area contributed by atoms with Crippen molar-refractivity contribution in [3.05, 3.63) is 28.2 Å². The van der Waals surface area contributed by atoms with Gasteiger partial charge in [-0.15, -0.1) is 0 Å². The van der Waals surface area contributed by atoms with Gasteiger partial charge in [-0.25, -0.2) is 0 Å². The summed E-state index contributed by atoms with van der Waals surface area (Å²) in [4.78, 5) is 12.6. The summed E-state index contributed by atoms with van der Waals surface area (Å²) in [6.07, 6.45) is 1.61. The molecular weight excluding hydrogens is 320 g/mol. The van der Waals surface area contributed by atoms with E-state index in [0.29, 0.717) is 6.61 Å². The molecule has 20 heavy (non-hydrogen) atoms. The lowest BCUT2D eigenvalue weighted by molar-refractivity contribution is -0.130. The van der Waals surface area contributed by atoms with Crippen molar-refractivity contribution < 1.29 is 9.53 Å². The van der Waals surface area contributed by atoms with Gasteiger partial charge in [-0.05, 0) is 50.6 Å². The number of amides is 1. The molecule has 1 amide bonds. The number of ether oxygens (including phenoxy) is 1. The van der Waals surface area contributed by atoms with Gasteiger partial charge in [0, 0.05) is 17.3 Å². The molecule has 1 aliphatic rings. The number of carbonyl (C=O) groups excluding carboxylic acids is 1. The molecule has 5 heteroatoms. The van der Waals surface area contributed by atoms with Crippen LogP contribution in [-0.2, 0) is 9.53 Å². The molecule has 4 nitrogen and oxygen atoms in total. The highest BCUT2D eigenvalue weighted by Gasteiger charge is 2.39. The molecule has 1 aromatic rings. The number of piperidine rings is 1. The van der Waals surface area contributed by atoms with Crippen molar-refractivity contribution in [3.8, 4) is 0 Å². The Hall–Kier alpha value is -0.910. The minimum absolute atomic E-state index is 0.0524. The van der Waals surface area contributed by atoms with E-state index in [1.54, 1.807) is 7.11 Å². The smallest absolute Gasteiger partial charge is 0.233 e. The van der Waals surface area contributed by atoms with Crippen molar-refractivity contribution in [2.45, 2.75) is 19.8 Å². The van der Waals surface area contributed by atoms with Crippen LogP contribution in [-0.4, -0.2) is 32.7 Å². The summed E-state index contributed by atoms with van der Waals surface area (Å²) >= 11 is 3.49. The van der Waals surface area contributed by atoms with E-state index in [-0.39, 0.29) is 5.91 Å². The first-order chi connectivity index (χ1) is 9.57. The van der Waals surface area contributed by atoms with Crippen LogP contribution >= 0.6 is 15.9 Å². The largest absolute Gasteiger partial charge is 0.384 e. The second kappa shape index (κ2) is 6.70. The fourth-order valence-corrected chi connectivity index (χ4v) is 2.93. The number of anilines is 1. The van der Waals surface area contributed by atoms with Gasteiger partial charge in [-0.1, -0.05) is 22.0 Å². The normalized spacial score (nSPS) is 17.8. The van der Waals surface area contributed by atoms with E-state index in [1.807, 2.05) is 25.1 Å². The summed E-state index contributed by atoms with van der Waals surface area (Å²) in [5.74, 6) is 0.0524. The van der Waals surface area contributed by atoms with Gasteiger partial charge in [0.1, 0.15) is 0 Å². The fourth-order valence-electron chi connectivity index (χ4n) is 2.55. The van der Waals surface area contributed by atoms with Crippen LogP contribution in [0.3, 0.4) is 0 Å². The predicted octanol–water partition coefficient (Wildman–Crippen LogP) is 2.71.